The van der Waals surface area contributed by atoms with Crippen LogP contribution in [0.4, 0.5) is 0 Å². The van der Waals surface area contributed by atoms with Gasteiger partial charge in [0.2, 0.25) is 0 Å². The summed E-state index contributed by atoms with van der Waals surface area (Å²) in [7, 11) is -4.49. The summed E-state index contributed by atoms with van der Waals surface area (Å²) in [5.41, 5.74) is 0. The molecular weight excluding hydrogens is 559 g/mol. The zero-order chi connectivity index (χ0) is 31.2. The molecule has 0 aliphatic rings. The number of allylic oxidation sites excluding steroid dienone is 2. The van der Waals surface area contributed by atoms with E-state index in [1.54, 1.807) is 0 Å². The quantitative estimate of drug-likeness (QED) is 0.0297. The van der Waals surface area contributed by atoms with E-state index >= 15 is 0 Å². The van der Waals surface area contributed by atoms with Gasteiger partial charge in [-0.2, -0.15) is 0 Å². The maximum atomic E-state index is 12.4. The van der Waals surface area contributed by atoms with E-state index in [1.807, 2.05) is 0 Å². The van der Waals surface area contributed by atoms with Crippen LogP contribution in [0.2, 0.25) is 0 Å². The van der Waals surface area contributed by atoms with Gasteiger partial charge in [-0.05, 0) is 38.5 Å². The van der Waals surface area contributed by atoms with Gasteiger partial charge >= 0.3 is 13.8 Å². The van der Waals surface area contributed by atoms with Crippen LogP contribution in [-0.4, -0.2) is 66.3 Å². The van der Waals surface area contributed by atoms with Crippen LogP contribution in [-0.2, 0) is 27.9 Å². The zero-order valence-electron chi connectivity index (χ0n) is 26.7. The molecule has 0 rings (SSSR count). The Balaban J connectivity index is 4.23. The Labute approximate surface area is 256 Å². The number of carbonyl (C=O) groups excluding carboxylic acids is 1. The predicted molar refractivity (Wildman–Crippen MR) is 168 cm³/mol. The van der Waals surface area contributed by atoms with Crippen LogP contribution in [0.3, 0.4) is 0 Å². The van der Waals surface area contributed by atoms with E-state index in [4.69, 9.17) is 19.1 Å². The van der Waals surface area contributed by atoms with Gasteiger partial charge in [0.1, 0.15) is 12.2 Å². The van der Waals surface area contributed by atoms with Crippen LogP contribution in [0.25, 0.3) is 0 Å². The van der Waals surface area contributed by atoms with Crippen LogP contribution in [0.1, 0.15) is 142 Å². The molecule has 3 atom stereocenters. The van der Waals surface area contributed by atoms with Crippen molar-refractivity contribution in [1.82, 2.24) is 0 Å². The van der Waals surface area contributed by atoms with Gasteiger partial charge in [-0.25, -0.2) is 4.57 Å². The van der Waals surface area contributed by atoms with Crippen LogP contribution < -0.4 is 0 Å². The maximum Gasteiger partial charge on any atom is 0.472 e. The summed E-state index contributed by atoms with van der Waals surface area (Å²) in [6.07, 6.45) is 24.7. The van der Waals surface area contributed by atoms with Gasteiger partial charge in [-0.3, -0.25) is 13.8 Å². The van der Waals surface area contributed by atoms with Gasteiger partial charge in [-0.15, -0.1) is 0 Å². The number of ether oxygens (including phenoxy) is 2. The number of esters is 1. The summed E-state index contributed by atoms with van der Waals surface area (Å²) in [5.74, 6) is -0.392. The van der Waals surface area contributed by atoms with E-state index < -0.39 is 39.2 Å². The highest BCUT2D eigenvalue weighted by molar-refractivity contribution is 7.47. The molecule has 0 spiro atoms. The molecule has 0 heterocycles. The molecule has 0 aromatic heterocycles. The molecule has 9 nitrogen and oxygen atoms in total. The number of aliphatic hydroxyl groups is 2. The summed E-state index contributed by atoms with van der Waals surface area (Å²) in [6.45, 7) is 3.43. The average Bonchev–Trinajstić information content (AvgIpc) is 2.97. The van der Waals surface area contributed by atoms with Crippen molar-refractivity contribution < 1.29 is 43.0 Å². The molecule has 0 aromatic carbocycles. The van der Waals surface area contributed by atoms with E-state index in [-0.39, 0.29) is 19.6 Å². The van der Waals surface area contributed by atoms with Crippen molar-refractivity contribution in [3.8, 4) is 0 Å². The average molecular weight is 623 g/mol. The third kappa shape index (κ3) is 29.3. The van der Waals surface area contributed by atoms with Crippen molar-refractivity contribution in [2.45, 2.75) is 154 Å². The van der Waals surface area contributed by atoms with E-state index in [0.717, 1.165) is 44.9 Å². The van der Waals surface area contributed by atoms with Crippen LogP contribution in [0.5, 0.6) is 0 Å². The van der Waals surface area contributed by atoms with Crippen LogP contribution in [0.15, 0.2) is 12.2 Å². The maximum absolute atomic E-state index is 12.4. The fourth-order valence-corrected chi connectivity index (χ4v) is 5.14. The second-order valence-electron chi connectivity index (χ2n) is 11.2. The Morgan fingerprint density at radius 3 is 1.81 bits per heavy atom. The smallest absolute Gasteiger partial charge is 0.457 e. The van der Waals surface area contributed by atoms with Gasteiger partial charge in [0.05, 0.1) is 26.4 Å². The molecule has 0 saturated carbocycles. The second kappa shape index (κ2) is 30.2. The molecule has 0 aromatic rings. The lowest BCUT2D eigenvalue weighted by Crippen LogP contribution is -2.29. The summed E-state index contributed by atoms with van der Waals surface area (Å²) in [5, 5.41) is 18.2. The van der Waals surface area contributed by atoms with E-state index in [1.165, 1.54) is 77.0 Å². The number of unbranched alkanes of at least 4 members (excludes halogenated alkanes) is 16. The second-order valence-corrected chi connectivity index (χ2v) is 12.6. The van der Waals surface area contributed by atoms with E-state index in [2.05, 4.69) is 30.5 Å². The van der Waals surface area contributed by atoms with Gasteiger partial charge in [0.25, 0.3) is 0 Å². The summed E-state index contributed by atoms with van der Waals surface area (Å²) in [6, 6.07) is 0. The fraction of sp³-hybridized carbons (Fsp3) is 0.906. The third-order valence-electron chi connectivity index (χ3n) is 6.95. The van der Waals surface area contributed by atoms with Crippen molar-refractivity contribution >= 4 is 13.8 Å². The molecule has 0 saturated heterocycles. The number of phosphoric ester groups is 1. The number of carbonyl (C=O) groups is 1. The van der Waals surface area contributed by atoms with Crippen molar-refractivity contribution in [2.75, 3.05) is 33.0 Å². The predicted octanol–water partition coefficient (Wildman–Crippen LogP) is 7.80. The Bertz CT molecular complexity index is 674. The number of hydrogen-bond acceptors (Lipinski definition) is 8. The molecule has 0 fully saturated rings. The molecule has 0 radical (unpaired) electrons. The highest BCUT2D eigenvalue weighted by Crippen LogP contribution is 2.43. The fourth-order valence-electron chi connectivity index (χ4n) is 4.35. The molecule has 3 unspecified atom stereocenters. The first-order valence-corrected chi connectivity index (χ1v) is 18.2. The third-order valence-corrected chi connectivity index (χ3v) is 7.90. The zero-order valence-corrected chi connectivity index (χ0v) is 27.6. The van der Waals surface area contributed by atoms with Gasteiger partial charge in [-0.1, -0.05) is 109 Å². The monoisotopic (exact) mass is 622 g/mol. The SMILES string of the molecule is CCCCCC/C=C\CCCCCCCCOCC(COP(=O)(O)OCC(O)CO)OC(=O)CCCCCCCCC. The lowest BCUT2D eigenvalue weighted by molar-refractivity contribution is -0.154. The van der Waals surface area contributed by atoms with Crippen molar-refractivity contribution in [1.29, 1.82) is 0 Å². The Hall–Kier alpha value is -0.800. The van der Waals surface area contributed by atoms with Gasteiger partial charge in [0, 0.05) is 13.0 Å². The molecule has 10 heteroatoms. The van der Waals surface area contributed by atoms with E-state index in [9.17, 15) is 19.4 Å². The van der Waals surface area contributed by atoms with Crippen molar-refractivity contribution in [3.63, 3.8) is 0 Å². The lowest BCUT2D eigenvalue weighted by atomic mass is 10.1. The largest absolute Gasteiger partial charge is 0.472 e. The van der Waals surface area contributed by atoms with E-state index in [0.29, 0.717) is 6.61 Å². The minimum Gasteiger partial charge on any atom is -0.457 e. The first kappa shape index (κ1) is 41.2. The highest BCUT2D eigenvalue weighted by Gasteiger charge is 2.26. The van der Waals surface area contributed by atoms with Crippen LogP contribution in [0, 0.1) is 0 Å². The molecular formula is C32H63O9P. The molecule has 0 amide bonds. The standard InChI is InChI=1S/C32H63O9P/c1-3-5-7-9-11-12-13-14-15-16-17-19-21-23-25-38-28-31(29-40-42(36,37)39-27-30(34)26-33)41-32(35)24-22-20-18-10-8-6-4-2/h12-13,30-31,33-34H,3-11,14-29H2,1-2H3,(H,36,37)/b13-12-. The Kier molecular flexibility index (Phi) is 29.7. The molecule has 0 bridgehead atoms. The molecule has 0 aliphatic carbocycles. The molecule has 3 N–H and O–H groups in total. The number of phosphoric acid groups is 1. The first-order chi connectivity index (χ1) is 20.3. The normalized spacial score (nSPS) is 14.7. The van der Waals surface area contributed by atoms with Gasteiger partial charge < -0.3 is 24.6 Å². The topological polar surface area (TPSA) is 132 Å². The number of rotatable bonds is 32. The number of aliphatic hydroxyl groups excluding tert-OH is 2. The first-order valence-electron chi connectivity index (χ1n) is 16.7. The van der Waals surface area contributed by atoms with Crippen molar-refractivity contribution in [3.05, 3.63) is 12.2 Å². The summed E-state index contributed by atoms with van der Waals surface area (Å²) < 4.78 is 33.0. The Morgan fingerprint density at radius 2 is 1.21 bits per heavy atom. The molecule has 42 heavy (non-hydrogen) atoms. The minimum atomic E-state index is -4.49. The summed E-state index contributed by atoms with van der Waals surface area (Å²) >= 11 is 0. The van der Waals surface area contributed by atoms with Crippen LogP contribution >= 0.6 is 7.82 Å². The summed E-state index contributed by atoms with van der Waals surface area (Å²) in [4.78, 5) is 22.2. The number of hydrogen-bond donors (Lipinski definition) is 3. The Morgan fingerprint density at radius 1 is 0.714 bits per heavy atom. The lowest BCUT2D eigenvalue weighted by Gasteiger charge is -2.20. The molecule has 0 aliphatic heterocycles. The minimum absolute atomic E-state index is 0.0484. The highest BCUT2D eigenvalue weighted by atomic mass is 31.2. The van der Waals surface area contributed by atoms with Gasteiger partial charge in [0.15, 0.2) is 0 Å². The molecule has 250 valence electrons. The van der Waals surface area contributed by atoms with Crippen molar-refractivity contribution in [2.24, 2.45) is 0 Å².